The summed E-state index contributed by atoms with van der Waals surface area (Å²) >= 11 is 0. The van der Waals surface area contributed by atoms with E-state index in [1.807, 2.05) is 6.92 Å². The maximum atomic E-state index is 12.8. The molecule has 0 amide bonds. The number of carbonyl (C=O) groups is 1. The first-order valence-corrected chi connectivity index (χ1v) is 9.24. The lowest BCUT2D eigenvalue weighted by Crippen LogP contribution is -2.18. The molecular formula is C23H18F6O. The van der Waals surface area contributed by atoms with Crippen LogP contribution < -0.4 is 0 Å². The summed E-state index contributed by atoms with van der Waals surface area (Å²) in [6, 6.07) is 9.07. The molecule has 0 radical (unpaired) electrons. The molecule has 2 aromatic carbocycles. The monoisotopic (exact) mass is 424 g/mol. The van der Waals surface area contributed by atoms with Crippen molar-refractivity contribution >= 4 is 17.9 Å². The van der Waals surface area contributed by atoms with E-state index in [1.165, 1.54) is 24.3 Å². The van der Waals surface area contributed by atoms with Gasteiger partial charge in [-0.15, -0.1) is 0 Å². The van der Waals surface area contributed by atoms with Gasteiger partial charge in [0, 0.05) is 11.1 Å². The molecule has 0 unspecified atom stereocenters. The number of allylic oxidation sites excluding steroid dienone is 2. The first kappa shape index (κ1) is 21.9. The van der Waals surface area contributed by atoms with Crippen molar-refractivity contribution in [1.29, 1.82) is 0 Å². The second-order valence-electron chi connectivity index (χ2n) is 7.42. The Kier molecular flexibility index (Phi) is 5.92. The van der Waals surface area contributed by atoms with Gasteiger partial charge in [0.25, 0.3) is 0 Å². The minimum Gasteiger partial charge on any atom is -0.289 e. The highest BCUT2D eigenvalue weighted by Gasteiger charge is 2.31. The van der Waals surface area contributed by atoms with Crippen molar-refractivity contribution in [2.24, 2.45) is 5.92 Å². The lowest BCUT2D eigenvalue weighted by molar-refractivity contribution is -0.138. The molecule has 0 N–H and O–H groups in total. The Morgan fingerprint density at radius 2 is 1.03 bits per heavy atom. The average molecular weight is 424 g/mol. The second kappa shape index (κ2) is 8.13. The van der Waals surface area contributed by atoms with Gasteiger partial charge in [-0.25, -0.2) is 0 Å². The molecule has 158 valence electrons. The van der Waals surface area contributed by atoms with Crippen LogP contribution in [0.4, 0.5) is 26.3 Å². The van der Waals surface area contributed by atoms with Crippen LogP contribution in [-0.4, -0.2) is 5.78 Å². The molecule has 1 aliphatic carbocycles. The molecule has 0 atom stereocenters. The molecule has 1 fully saturated rings. The lowest BCUT2D eigenvalue weighted by Gasteiger charge is -2.22. The van der Waals surface area contributed by atoms with Crippen LogP contribution >= 0.6 is 0 Å². The number of benzene rings is 2. The number of alkyl halides is 6. The standard InChI is InChI=1S/C23H18F6O/c1-14-10-17(12-15-2-6-19(7-3-15)22(24,25)26)21(30)18(11-14)13-16-4-8-20(9-5-16)23(27,28)29/h2-9,12-14H,10-11H2,1H3. The summed E-state index contributed by atoms with van der Waals surface area (Å²) in [7, 11) is 0. The summed E-state index contributed by atoms with van der Waals surface area (Å²) in [5.41, 5.74) is 0.355. The van der Waals surface area contributed by atoms with Crippen LogP contribution in [0.3, 0.4) is 0 Å². The van der Waals surface area contributed by atoms with Gasteiger partial charge in [-0.2, -0.15) is 26.3 Å². The van der Waals surface area contributed by atoms with Crippen LogP contribution in [0, 0.1) is 5.92 Å². The minimum atomic E-state index is -4.43. The van der Waals surface area contributed by atoms with E-state index < -0.39 is 23.5 Å². The third kappa shape index (κ3) is 5.20. The van der Waals surface area contributed by atoms with Gasteiger partial charge < -0.3 is 0 Å². The highest BCUT2D eigenvalue weighted by molar-refractivity contribution is 6.14. The summed E-state index contributed by atoms with van der Waals surface area (Å²) in [6.45, 7) is 1.94. The molecule has 3 rings (SSSR count). The third-order valence-electron chi connectivity index (χ3n) is 4.88. The minimum absolute atomic E-state index is 0.115. The number of carbonyl (C=O) groups excluding carboxylic acids is 1. The molecule has 0 heterocycles. The summed E-state index contributed by atoms with van der Waals surface area (Å²) < 4.78 is 76.2. The normalized spacial score (nSPS) is 20.8. The molecule has 0 spiro atoms. The summed E-state index contributed by atoms with van der Waals surface area (Å²) in [5.74, 6) is -0.128. The van der Waals surface area contributed by atoms with Gasteiger partial charge in [-0.1, -0.05) is 31.2 Å². The molecule has 7 heteroatoms. The maximum absolute atomic E-state index is 12.8. The van der Waals surface area contributed by atoms with Gasteiger partial charge in [0.15, 0.2) is 5.78 Å². The summed E-state index contributed by atoms with van der Waals surface area (Å²) in [6.07, 6.45) is -4.78. The van der Waals surface area contributed by atoms with Crippen LogP contribution in [0.1, 0.15) is 42.0 Å². The Morgan fingerprint density at radius 3 is 1.33 bits per heavy atom. The zero-order valence-corrected chi connectivity index (χ0v) is 15.9. The van der Waals surface area contributed by atoms with Gasteiger partial charge in [0.1, 0.15) is 0 Å². The zero-order valence-electron chi connectivity index (χ0n) is 15.9. The number of halogens is 6. The fourth-order valence-corrected chi connectivity index (χ4v) is 3.40. The van der Waals surface area contributed by atoms with Crippen LogP contribution in [0.5, 0.6) is 0 Å². The molecule has 0 saturated heterocycles. The molecule has 30 heavy (non-hydrogen) atoms. The Morgan fingerprint density at radius 1 is 0.700 bits per heavy atom. The number of Topliss-reactive ketones (excluding diaryl/α,β-unsaturated/α-hetero) is 1. The van der Waals surface area contributed by atoms with E-state index >= 15 is 0 Å². The molecule has 1 aliphatic rings. The number of hydrogen-bond donors (Lipinski definition) is 0. The Hall–Kier alpha value is -2.83. The van der Waals surface area contributed by atoms with E-state index in [0.717, 1.165) is 24.3 Å². The Labute approximate surface area is 169 Å². The van der Waals surface area contributed by atoms with E-state index in [2.05, 4.69) is 0 Å². The van der Waals surface area contributed by atoms with Crippen LogP contribution in [0.15, 0.2) is 59.7 Å². The SMILES string of the molecule is CC1CC(=Cc2ccc(C(F)(F)F)cc2)C(=O)C(=Cc2ccc(C(F)(F)F)cc2)C1. The largest absolute Gasteiger partial charge is 0.416 e. The number of hydrogen-bond acceptors (Lipinski definition) is 1. The fourth-order valence-electron chi connectivity index (χ4n) is 3.40. The highest BCUT2D eigenvalue weighted by atomic mass is 19.4. The van der Waals surface area contributed by atoms with Crippen molar-refractivity contribution in [2.75, 3.05) is 0 Å². The quantitative estimate of drug-likeness (QED) is 0.368. The molecule has 1 saturated carbocycles. The number of rotatable bonds is 2. The second-order valence-corrected chi connectivity index (χ2v) is 7.42. The van der Waals surface area contributed by atoms with Crippen LogP contribution in [0.25, 0.3) is 12.2 Å². The zero-order chi connectivity index (χ0) is 22.1. The van der Waals surface area contributed by atoms with E-state index in [4.69, 9.17) is 0 Å². The topological polar surface area (TPSA) is 17.1 Å². The molecular weight excluding hydrogens is 406 g/mol. The van der Waals surface area contributed by atoms with Crippen molar-refractivity contribution in [3.05, 3.63) is 81.9 Å². The molecule has 0 aromatic heterocycles. The smallest absolute Gasteiger partial charge is 0.289 e. The van der Waals surface area contributed by atoms with Gasteiger partial charge in [-0.3, -0.25) is 4.79 Å². The van der Waals surface area contributed by atoms with Crippen LogP contribution in [0.2, 0.25) is 0 Å². The summed E-state index contributed by atoms with van der Waals surface area (Å²) in [4.78, 5) is 12.8. The van der Waals surface area contributed by atoms with Crippen molar-refractivity contribution in [2.45, 2.75) is 32.1 Å². The van der Waals surface area contributed by atoms with Gasteiger partial charge >= 0.3 is 12.4 Å². The highest BCUT2D eigenvalue weighted by Crippen LogP contribution is 2.34. The van der Waals surface area contributed by atoms with E-state index in [9.17, 15) is 31.1 Å². The third-order valence-corrected chi connectivity index (χ3v) is 4.88. The number of ketones is 1. The first-order valence-electron chi connectivity index (χ1n) is 9.24. The van der Waals surface area contributed by atoms with Gasteiger partial charge in [0.05, 0.1) is 11.1 Å². The van der Waals surface area contributed by atoms with Crippen molar-refractivity contribution in [3.8, 4) is 0 Å². The predicted octanol–water partition coefficient (Wildman–Crippen LogP) is 7.19. The molecule has 0 aliphatic heterocycles. The Balaban J connectivity index is 1.86. The Bertz CT molecular complexity index is 897. The molecule has 2 aromatic rings. The lowest BCUT2D eigenvalue weighted by atomic mass is 9.80. The predicted molar refractivity (Wildman–Crippen MR) is 102 cm³/mol. The van der Waals surface area contributed by atoms with Gasteiger partial charge in [0.2, 0.25) is 0 Å². The first-order chi connectivity index (χ1) is 13.9. The fraction of sp³-hybridized carbons (Fsp3) is 0.261. The molecule has 0 bridgehead atoms. The van der Waals surface area contributed by atoms with E-state index in [0.29, 0.717) is 35.1 Å². The average Bonchev–Trinajstić information content (AvgIpc) is 2.65. The van der Waals surface area contributed by atoms with Crippen LogP contribution in [-0.2, 0) is 17.1 Å². The van der Waals surface area contributed by atoms with Crippen molar-refractivity contribution in [3.63, 3.8) is 0 Å². The summed E-state index contributed by atoms with van der Waals surface area (Å²) in [5, 5.41) is 0. The van der Waals surface area contributed by atoms with Crippen molar-refractivity contribution in [1.82, 2.24) is 0 Å². The maximum Gasteiger partial charge on any atom is 0.416 e. The van der Waals surface area contributed by atoms with E-state index in [-0.39, 0.29) is 11.7 Å². The van der Waals surface area contributed by atoms with Crippen molar-refractivity contribution < 1.29 is 31.1 Å². The van der Waals surface area contributed by atoms with E-state index in [1.54, 1.807) is 12.2 Å². The molecule has 1 nitrogen and oxygen atoms in total. The van der Waals surface area contributed by atoms with Gasteiger partial charge in [-0.05, 0) is 66.3 Å².